The van der Waals surface area contributed by atoms with Gasteiger partial charge in [0.2, 0.25) is 0 Å². The summed E-state index contributed by atoms with van der Waals surface area (Å²) in [6.07, 6.45) is 0.822. The van der Waals surface area contributed by atoms with Crippen molar-refractivity contribution in [2.24, 2.45) is 5.73 Å². The average molecular weight is 173 g/mol. The molecule has 1 aromatic rings. The number of carboxylic acid groups (broad SMARTS) is 1. The lowest BCUT2D eigenvalue weighted by atomic mass is 10.1. The predicted octanol–water partition coefficient (Wildman–Crippen LogP) is 0.893. The van der Waals surface area contributed by atoms with Crippen LogP contribution in [-0.2, 0) is 4.79 Å². The highest BCUT2D eigenvalue weighted by molar-refractivity contribution is 5.67. The molecular weight excluding hydrogens is 165 g/mol. The van der Waals surface area contributed by atoms with Crippen molar-refractivity contribution in [2.75, 3.05) is 0 Å². The Hall–Kier alpha value is -1.36. The standard InChI is InChI=1S/C7H8FNO3/c8-7-4(1-2-12-7)5(9)3-6(10)11/h1-2,5H,3,9H2,(H,10,11)/t5-/m1/s1. The molecule has 1 atom stereocenters. The van der Waals surface area contributed by atoms with E-state index in [9.17, 15) is 9.18 Å². The van der Waals surface area contributed by atoms with E-state index in [1.54, 1.807) is 0 Å². The molecule has 0 saturated heterocycles. The quantitative estimate of drug-likeness (QED) is 0.711. The van der Waals surface area contributed by atoms with Crippen LogP contribution in [0.15, 0.2) is 16.7 Å². The number of nitrogens with two attached hydrogens (primary N) is 1. The van der Waals surface area contributed by atoms with Crippen LogP contribution in [0.3, 0.4) is 0 Å². The van der Waals surface area contributed by atoms with Crippen LogP contribution in [0.4, 0.5) is 4.39 Å². The number of furan rings is 1. The first-order valence-corrected chi connectivity index (χ1v) is 3.31. The van der Waals surface area contributed by atoms with E-state index < -0.39 is 18.0 Å². The Balaban J connectivity index is 2.71. The molecule has 5 heteroatoms. The summed E-state index contributed by atoms with van der Waals surface area (Å²) in [7, 11) is 0. The second-order valence-corrected chi connectivity index (χ2v) is 2.35. The Morgan fingerprint density at radius 1 is 1.83 bits per heavy atom. The average Bonchev–Trinajstić information content (AvgIpc) is 2.33. The molecule has 0 spiro atoms. The molecule has 0 radical (unpaired) electrons. The lowest BCUT2D eigenvalue weighted by Crippen LogP contribution is -2.15. The van der Waals surface area contributed by atoms with Crippen LogP contribution in [0.1, 0.15) is 18.0 Å². The summed E-state index contributed by atoms with van der Waals surface area (Å²) in [5.74, 6) is -1.07. The largest absolute Gasteiger partial charge is 0.481 e. The Labute approximate surface area is 67.8 Å². The third-order valence-electron chi connectivity index (χ3n) is 1.44. The zero-order valence-corrected chi connectivity index (χ0v) is 6.16. The maximum Gasteiger partial charge on any atom is 0.305 e. The molecule has 0 aliphatic rings. The fraction of sp³-hybridized carbons (Fsp3) is 0.286. The molecule has 4 nitrogen and oxygen atoms in total. The van der Waals surface area contributed by atoms with Gasteiger partial charge in [-0.1, -0.05) is 0 Å². The highest BCUT2D eigenvalue weighted by atomic mass is 19.1. The van der Waals surface area contributed by atoms with Crippen molar-refractivity contribution < 1.29 is 18.7 Å². The van der Waals surface area contributed by atoms with Crippen molar-refractivity contribution in [3.63, 3.8) is 0 Å². The van der Waals surface area contributed by atoms with Gasteiger partial charge in [-0.15, -0.1) is 0 Å². The van der Waals surface area contributed by atoms with E-state index in [1.165, 1.54) is 6.07 Å². The van der Waals surface area contributed by atoms with Gasteiger partial charge < -0.3 is 15.3 Å². The molecule has 0 saturated carbocycles. The summed E-state index contributed by atoms with van der Waals surface area (Å²) in [6, 6.07) is -0.340. The summed E-state index contributed by atoms with van der Waals surface area (Å²) < 4.78 is 16.9. The van der Waals surface area contributed by atoms with Crippen LogP contribution < -0.4 is 5.73 Å². The second kappa shape index (κ2) is 3.36. The first-order valence-electron chi connectivity index (χ1n) is 3.31. The van der Waals surface area contributed by atoms with E-state index in [1.807, 2.05) is 0 Å². The molecule has 12 heavy (non-hydrogen) atoms. The Bertz CT molecular complexity index is 284. The third-order valence-corrected chi connectivity index (χ3v) is 1.44. The molecule has 3 N–H and O–H groups in total. The lowest BCUT2D eigenvalue weighted by molar-refractivity contribution is -0.137. The minimum absolute atomic E-state index is 0.0948. The molecule has 0 bridgehead atoms. The Morgan fingerprint density at radius 3 is 2.92 bits per heavy atom. The molecule has 0 aliphatic heterocycles. The van der Waals surface area contributed by atoms with Gasteiger partial charge in [-0.2, -0.15) is 4.39 Å². The number of hydrogen-bond donors (Lipinski definition) is 2. The van der Waals surface area contributed by atoms with Crippen molar-refractivity contribution in [3.05, 3.63) is 23.9 Å². The van der Waals surface area contributed by atoms with Crippen molar-refractivity contribution in [1.29, 1.82) is 0 Å². The highest BCUT2D eigenvalue weighted by Gasteiger charge is 2.16. The fourth-order valence-electron chi connectivity index (χ4n) is 0.868. The summed E-state index contributed by atoms with van der Waals surface area (Å²) >= 11 is 0. The summed E-state index contributed by atoms with van der Waals surface area (Å²) in [5, 5.41) is 8.34. The zero-order valence-electron chi connectivity index (χ0n) is 6.16. The molecule has 1 aromatic heterocycles. The maximum atomic E-state index is 12.6. The van der Waals surface area contributed by atoms with Gasteiger partial charge in [-0.05, 0) is 6.07 Å². The van der Waals surface area contributed by atoms with Crippen LogP contribution in [0, 0.1) is 6.01 Å². The van der Waals surface area contributed by atoms with E-state index in [0.717, 1.165) is 6.26 Å². The molecule has 0 unspecified atom stereocenters. The third kappa shape index (κ3) is 1.82. The Kier molecular flexibility index (Phi) is 2.44. The molecule has 66 valence electrons. The van der Waals surface area contributed by atoms with Crippen LogP contribution >= 0.6 is 0 Å². The van der Waals surface area contributed by atoms with Crippen molar-refractivity contribution in [1.82, 2.24) is 0 Å². The van der Waals surface area contributed by atoms with Crippen LogP contribution in [0.25, 0.3) is 0 Å². The maximum absolute atomic E-state index is 12.6. The van der Waals surface area contributed by atoms with Crippen LogP contribution in [0.5, 0.6) is 0 Å². The number of halogens is 1. The van der Waals surface area contributed by atoms with E-state index in [4.69, 9.17) is 10.8 Å². The highest BCUT2D eigenvalue weighted by Crippen LogP contribution is 2.18. The smallest absolute Gasteiger partial charge is 0.305 e. The molecule has 0 aliphatic carbocycles. The predicted molar refractivity (Wildman–Crippen MR) is 37.8 cm³/mol. The van der Waals surface area contributed by atoms with Gasteiger partial charge in [-0.3, -0.25) is 4.79 Å². The lowest BCUT2D eigenvalue weighted by Gasteiger charge is -2.04. The minimum Gasteiger partial charge on any atom is -0.481 e. The van der Waals surface area contributed by atoms with Gasteiger partial charge in [-0.25, -0.2) is 0 Å². The van der Waals surface area contributed by atoms with Crippen LogP contribution in [0.2, 0.25) is 0 Å². The van der Waals surface area contributed by atoms with E-state index in [2.05, 4.69) is 4.42 Å². The summed E-state index contributed by atoms with van der Waals surface area (Å²) in [5.41, 5.74) is 5.46. The first kappa shape index (κ1) is 8.73. The summed E-state index contributed by atoms with van der Waals surface area (Å²) in [6.45, 7) is 0. The Morgan fingerprint density at radius 2 is 2.50 bits per heavy atom. The minimum atomic E-state index is -1.07. The number of rotatable bonds is 3. The number of hydrogen-bond acceptors (Lipinski definition) is 3. The number of carboxylic acids is 1. The second-order valence-electron chi connectivity index (χ2n) is 2.35. The SMILES string of the molecule is N[C@H](CC(=O)O)c1ccoc1F. The van der Waals surface area contributed by atoms with Gasteiger partial charge >= 0.3 is 5.97 Å². The van der Waals surface area contributed by atoms with Crippen LogP contribution in [-0.4, -0.2) is 11.1 Å². The van der Waals surface area contributed by atoms with E-state index in [-0.39, 0.29) is 12.0 Å². The fourth-order valence-corrected chi connectivity index (χ4v) is 0.868. The topological polar surface area (TPSA) is 76.5 Å². The van der Waals surface area contributed by atoms with Crippen molar-refractivity contribution in [3.8, 4) is 0 Å². The number of carbonyl (C=O) groups is 1. The first-order chi connectivity index (χ1) is 5.61. The monoisotopic (exact) mass is 173 g/mol. The van der Waals surface area contributed by atoms with E-state index in [0.29, 0.717) is 0 Å². The molecular formula is C7H8FNO3. The van der Waals surface area contributed by atoms with Gasteiger partial charge in [0.25, 0.3) is 6.01 Å². The molecule has 0 aromatic carbocycles. The molecule has 0 fully saturated rings. The molecule has 1 rings (SSSR count). The van der Waals surface area contributed by atoms with Gasteiger partial charge in [0.1, 0.15) is 0 Å². The zero-order chi connectivity index (χ0) is 9.14. The number of aliphatic carboxylic acids is 1. The van der Waals surface area contributed by atoms with E-state index >= 15 is 0 Å². The van der Waals surface area contributed by atoms with Crippen molar-refractivity contribution in [2.45, 2.75) is 12.5 Å². The van der Waals surface area contributed by atoms with Crippen molar-refractivity contribution >= 4 is 5.97 Å². The molecule has 0 amide bonds. The normalized spacial score (nSPS) is 12.8. The van der Waals surface area contributed by atoms with Gasteiger partial charge in [0.15, 0.2) is 0 Å². The van der Waals surface area contributed by atoms with Gasteiger partial charge in [0.05, 0.1) is 12.7 Å². The molecule has 1 heterocycles. The summed E-state index contributed by atoms with van der Waals surface area (Å²) in [4.78, 5) is 10.2. The van der Waals surface area contributed by atoms with Gasteiger partial charge in [0, 0.05) is 11.6 Å².